The molecule has 0 aliphatic carbocycles. The Morgan fingerprint density at radius 2 is 1.78 bits per heavy atom. The predicted molar refractivity (Wildman–Crippen MR) is 94.8 cm³/mol. The molecule has 1 fully saturated rings. The van der Waals surface area contributed by atoms with Crippen LogP contribution in [0.2, 0.25) is 10.0 Å². The van der Waals surface area contributed by atoms with Crippen molar-refractivity contribution in [3.8, 4) is 11.1 Å². The standard InChI is InChI=1S/C18H18Cl2N2O/c19-15-8-14(9-16(20)10-15)13-5-3-12(4-6-13)11-22-18(23)17-2-1-7-21-17/h3-6,8-10,17,21H,1-2,7,11H2,(H,22,23)/t17-/m0/s1. The van der Waals surface area contributed by atoms with E-state index in [1.54, 1.807) is 6.07 Å². The summed E-state index contributed by atoms with van der Waals surface area (Å²) >= 11 is 12.1. The van der Waals surface area contributed by atoms with Gasteiger partial charge in [-0.1, -0.05) is 47.5 Å². The van der Waals surface area contributed by atoms with Crippen molar-refractivity contribution in [3.63, 3.8) is 0 Å². The van der Waals surface area contributed by atoms with Crippen LogP contribution < -0.4 is 10.6 Å². The van der Waals surface area contributed by atoms with E-state index in [2.05, 4.69) is 10.6 Å². The van der Waals surface area contributed by atoms with E-state index in [4.69, 9.17) is 23.2 Å². The third-order valence-corrected chi connectivity index (χ3v) is 4.43. The molecular formula is C18H18Cl2N2O. The molecule has 0 spiro atoms. The van der Waals surface area contributed by atoms with Crippen molar-refractivity contribution in [2.24, 2.45) is 0 Å². The highest BCUT2D eigenvalue weighted by atomic mass is 35.5. The molecule has 2 aromatic carbocycles. The molecule has 0 radical (unpaired) electrons. The molecule has 1 atom stereocenters. The van der Waals surface area contributed by atoms with Gasteiger partial charge in [0, 0.05) is 16.6 Å². The number of nitrogens with one attached hydrogen (secondary N) is 2. The van der Waals surface area contributed by atoms with Gasteiger partial charge in [0.2, 0.25) is 5.91 Å². The zero-order valence-electron chi connectivity index (χ0n) is 12.6. The largest absolute Gasteiger partial charge is 0.351 e. The molecule has 3 nitrogen and oxygen atoms in total. The Balaban J connectivity index is 1.63. The van der Waals surface area contributed by atoms with Crippen LogP contribution in [-0.4, -0.2) is 18.5 Å². The minimum absolute atomic E-state index is 0.0390. The Morgan fingerprint density at radius 3 is 2.39 bits per heavy atom. The molecule has 1 heterocycles. The van der Waals surface area contributed by atoms with E-state index in [0.29, 0.717) is 16.6 Å². The third-order valence-electron chi connectivity index (χ3n) is 3.99. The van der Waals surface area contributed by atoms with Crippen molar-refractivity contribution >= 4 is 29.1 Å². The van der Waals surface area contributed by atoms with Gasteiger partial charge in [-0.25, -0.2) is 0 Å². The normalized spacial score (nSPS) is 17.2. The quantitative estimate of drug-likeness (QED) is 0.875. The minimum Gasteiger partial charge on any atom is -0.351 e. The predicted octanol–water partition coefficient (Wildman–Crippen LogP) is 4.03. The fourth-order valence-corrected chi connectivity index (χ4v) is 3.28. The maximum Gasteiger partial charge on any atom is 0.237 e. The second-order valence-corrected chi connectivity index (χ2v) is 6.59. The summed E-state index contributed by atoms with van der Waals surface area (Å²) in [6.45, 7) is 1.46. The van der Waals surface area contributed by atoms with E-state index < -0.39 is 0 Å². The van der Waals surface area contributed by atoms with E-state index in [0.717, 1.165) is 36.1 Å². The fraction of sp³-hybridized carbons (Fsp3) is 0.278. The van der Waals surface area contributed by atoms with Gasteiger partial charge in [-0.15, -0.1) is 0 Å². The van der Waals surface area contributed by atoms with Gasteiger partial charge in [0.05, 0.1) is 6.04 Å². The van der Waals surface area contributed by atoms with Crippen LogP contribution in [0.25, 0.3) is 11.1 Å². The number of rotatable bonds is 4. The first-order chi connectivity index (χ1) is 11.1. The van der Waals surface area contributed by atoms with Crippen LogP contribution in [-0.2, 0) is 11.3 Å². The molecule has 1 saturated heterocycles. The third kappa shape index (κ3) is 4.25. The molecule has 1 amide bonds. The topological polar surface area (TPSA) is 41.1 Å². The van der Waals surface area contributed by atoms with Crippen LogP contribution in [0.3, 0.4) is 0 Å². The molecule has 0 unspecified atom stereocenters. The molecule has 23 heavy (non-hydrogen) atoms. The molecule has 5 heteroatoms. The van der Waals surface area contributed by atoms with Crippen molar-refractivity contribution in [1.29, 1.82) is 0 Å². The lowest BCUT2D eigenvalue weighted by molar-refractivity contribution is -0.122. The van der Waals surface area contributed by atoms with Crippen LogP contribution in [0.5, 0.6) is 0 Å². The number of hydrogen-bond donors (Lipinski definition) is 2. The second kappa shape index (κ2) is 7.35. The van der Waals surface area contributed by atoms with E-state index in [1.165, 1.54) is 0 Å². The number of carbonyl (C=O) groups is 1. The fourth-order valence-electron chi connectivity index (χ4n) is 2.76. The zero-order chi connectivity index (χ0) is 16.2. The van der Waals surface area contributed by atoms with Gasteiger partial charge in [-0.2, -0.15) is 0 Å². The van der Waals surface area contributed by atoms with Crippen molar-refractivity contribution < 1.29 is 4.79 Å². The average Bonchev–Trinajstić information content (AvgIpc) is 3.07. The van der Waals surface area contributed by atoms with Gasteiger partial charge in [0.15, 0.2) is 0 Å². The molecule has 2 aromatic rings. The number of hydrogen-bond acceptors (Lipinski definition) is 2. The van der Waals surface area contributed by atoms with Crippen molar-refractivity contribution in [3.05, 3.63) is 58.1 Å². The molecule has 0 bridgehead atoms. The molecular weight excluding hydrogens is 331 g/mol. The van der Waals surface area contributed by atoms with Crippen LogP contribution in [0.15, 0.2) is 42.5 Å². The van der Waals surface area contributed by atoms with Gasteiger partial charge in [-0.3, -0.25) is 4.79 Å². The number of halogens is 2. The van der Waals surface area contributed by atoms with Crippen LogP contribution >= 0.6 is 23.2 Å². The van der Waals surface area contributed by atoms with Crippen molar-refractivity contribution in [1.82, 2.24) is 10.6 Å². The first-order valence-electron chi connectivity index (χ1n) is 7.68. The van der Waals surface area contributed by atoms with Gasteiger partial charge in [0.1, 0.15) is 0 Å². The summed E-state index contributed by atoms with van der Waals surface area (Å²) < 4.78 is 0. The van der Waals surface area contributed by atoms with Gasteiger partial charge in [0.25, 0.3) is 0 Å². The molecule has 0 aromatic heterocycles. The second-order valence-electron chi connectivity index (χ2n) is 5.72. The van der Waals surface area contributed by atoms with Gasteiger partial charge < -0.3 is 10.6 Å². The first-order valence-corrected chi connectivity index (χ1v) is 8.44. The smallest absolute Gasteiger partial charge is 0.237 e. The molecule has 1 aliphatic rings. The SMILES string of the molecule is O=C(NCc1ccc(-c2cc(Cl)cc(Cl)c2)cc1)[C@@H]1CCCN1. The van der Waals surface area contributed by atoms with E-state index in [9.17, 15) is 4.79 Å². The lowest BCUT2D eigenvalue weighted by Crippen LogP contribution is -2.39. The Hall–Kier alpha value is -1.55. The van der Waals surface area contributed by atoms with Crippen LogP contribution in [0, 0.1) is 0 Å². The van der Waals surface area contributed by atoms with E-state index in [-0.39, 0.29) is 11.9 Å². The number of carbonyl (C=O) groups excluding carboxylic acids is 1. The van der Waals surface area contributed by atoms with Gasteiger partial charge >= 0.3 is 0 Å². The van der Waals surface area contributed by atoms with Gasteiger partial charge in [-0.05, 0) is 54.3 Å². The Kier molecular flexibility index (Phi) is 5.21. The first kappa shape index (κ1) is 16.3. The Labute approximate surface area is 146 Å². The average molecular weight is 349 g/mol. The maximum atomic E-state index is 12.0. The molecule has 0 saturated carbocycles. The molecule has 1 aliphatic heterocycles. The highest BCUT2D eigenvalue weighted by Crippen LogP contribution is 2.27. The van der Waals surface area contributed by atoms with E-state index in [1.807, 2.05) is 36.4 Å². The summed E-state index contributed by atoms with van der Waals surface area (Å²) in [6.07, 6.45) is 1.98. The minimum atomic E-state index is -0.0390. The molecule has 3 rings (SSSR count). The Bertz CT molecular complexity index is 674. The Morgan fingerprint density at radius 1 is 1.09 bits per heavy atom. The number of amides is 1. The van der Waals surface area contributed by atoms with Crippen molar-refractivity contribution in [2.45, 2.75) is 25.4 Å². The van der Waals surface area contributed by atoms with E-state index >= 15 is 0 Å². The zero-order valence-corrected chi connectivity index (χ0v) is 14.1. The molecule has 2 N–H and O–H groups in total. The summed E-state index contributed by atoms with van der Waals surface area (Å²) in [4.78, 5) is 12.0. The van der Waals surface area contributed by atoms with Crippen LogP contribution in [0.4, 0.5) is 0 Å². The highest BCUT2D eigenvalue weighted by Gasteiger charge is 2.21. The van der Waals surface area contributed by atoms with Crippen molar-refractivity contribution in [2.75, 3.05) is 6.54 Å². The molecule has 120 valence electrons. The summed E-state index contributed by atoms with van der Waals surface area (Å²) in [6, 6.07) is 13.5. The number of benzene rings is 2. The highest BCUT2D eigenvalue weighted by molar-refractivity contribution is 6.35. The lowest BCUT2D eigenvalue weighted by Gasteiger charge is -2.11. The summed E-state index contributed by atoms with van der Waals surface area (Å²) in [7, 11) is 0. The monoisotopic (exact) mass is 348 g/mol. The summed E-state index contributed by atoms with van der Waals surface area (Å²) in [5, 5.41) is 7.41. The lowest BCUT2D eigenvalue weighted by atomic mass is 10.0. The summed E-state index contributed by atoms with van der Waals surface area (Å²) in [5.41, 5.74) is 3.09. The summed E-state index contributed by atoms with van der Waals surface area (Å²) in [5.74, 6) is 0.0770. The maximum absolute atomic E-state index is 12.0. The van der Waals surface area contributed by atoms with Crippen LogP contribution in [0.1, 0.15) is 18.4 Å².